The maximum atomic E-state index is 10.5. The molecule has 0 amide bonds. The zero-order chi connectivity index (χ0) is 15.4. The predicted molar refractivity (Wildman–Crippen MR) is 83.4 cm³/mol. The van der Waals surface area contributed by atoms with Crippen molar-refractivity contribution in [2.45, 2.75) is 69.0 Å². The SMILES string of the molecule is OC[C@@H]1OC2(CCCCC2)O[C@@H]1[C@@H](O)CCc1ccccc1. The third-order valence-electron chi connectivity index (χ3n) is 4.83. The quantitative estimate of drug-likeness (QED) is 0.877. The molecule has 0 radical (unpaired) electrons. The summed E-state index contributed by atoms with van der Waals surface area (Å²) >= 11 is 0. The topological polar surface area (TPSA) is 58.9 Å². The molecule has 1 spiro atoms. The zero-order valence-electron chi connectivity index (χ0n) is 13.0. The van der Waals surface area contributed by atoms with Crippen LogP contribution in [0.5, 0.6) is 0 Å². The number of hydrogen-bond acceptors (Lipinski definition) is 4. The van der Waals surface area contributed by atoms with E-state index >= 15 is 0 Å². The van der Waals surface area contributed by atoms with Crippen molar-refractivity contribution in [3.05, 3.63) is 35.9 Å². The first kappa shape index (κ1) is 15.9. The molecular formula is C18H26O4. The van der Waals surface area contributed by atoms with Gasteiger partial charge in [-0.1, -0.05) is 36.8 Å². The average molecular weight is 306 g/mol. The smallest absolute Gasteiger partial charge is 0.169 e. The summed E-state index contributed by atoms with van der Waals surface area (Å²) in [4.78, 5) is 0. The summed E-state index contributed by atoms with van der Waals surface area (Å²) in [6.07, 6.45) is 5.08. The highest BCUT2D eigenvalue weighted by Gasteiger charge is 2.49. The van der Waals surface area contributed by atoms with Crippen LogP contribution in [0.25, 0.3) is 0 Å². The largest absolute Gasteiger partial charge is 0.394 e. The van der Waals surface area contributed by atoms with Crippen molar-refractivity contribution >= 4 is 0 Å². The first-order chi connectivity index (χ1) is 10.7. The molecular weight excluding hydrogens is 280 g/mol. The second-order valence-corrected chi connectivity index (χ2v) is 6.48. The maximum absolute atomic E-state index is 10.5. The molecule has 1 aliphatic carbocycles. The lowest BCUT2D eigenvalue weighted by Crippen LogP contribution is -2.38. The van der Waals surface area contributed by atoms with Crippen LogP contribution in [-0.4, -0.2) is 40.9 Å². The van der Waals surface area contributed by atoms with E-state index in [4.69, 9.17) is 9.47 Å². The van der Waals surface area contributed by atoms with Gasteiger partial charge in [0.25, 0.3) is 0 Å². The Hall–Kier alpha value is -0.940. The number of aliphatic hydroxyl groups excluding tert-OH is 2. The molecule has 0 unspecified atom stereocenters. The van der Waals surface area contributed by atoms with Gasteiger partial charge in [0.2, 0.25) is 0 Å². The van der Waals surface area contributed by atoms with Crippen LogP contribution in [-0.2, 0) is 15.9 Å². The Kier molecular flexibility index (Phi) is 5.14. The van der Waals surface area contributed by atoms with Gasteiger partial charge in [0.15, 0.2) is 5.79 Å². The van der Waals surface area contributed by atoms with E-state index in [-0.39, 0.29) is 6.61 Å². The maximum Gasteiger partial charge on any atom is 0.169 e. The molecule has 1 saturated heterocycles. The van der Waals surface area contributed by atoms with Crippen molar-refractivity contribution in [3.8, 4) is 0 Å². The number of benzene rings is 1. The van der Waals surface area contributed by atoms with Gasteiger partial charge in [-0.05, 0) is 31.2 Å². The van der Waals surface area contributed by atoms with Crippen molar-refractivity contribution < 1.29 is 19.7 Å². The van der Waals surface area contributed by atoms with E-state index in [1.807, 2.05) is 18.2 Å². The number of hydrogen-bond donors (Lipinski definition) is 2. The van der Waals surface area contributed by atoms with Crippen LogP contribution in [0, 0.1) is 0 Å². The van der Waals surface area contributed by atoms with Gasteiger partial charge in [0, 0.05) is 12.8 Å². The van der Waals surface area contributed by atoms with E-state index in [1.165, 1.54) is 12.0 Å². The van der Waals surface area contributed by atoms with Crippen LogP contribution in [0.15, 0.2) is 30.3 Å². The second-order valence-electron chi connectivity index (χ2n) is 6.48. The van der Waals surface area contributed by atoms with Crippen LogP contribution >= 0.6 is 0 Å². The number of aliphatic hydroxyl groups is 2. The monoisotopic (exact) mass is 306 g/mol. The highest BCUT2D eigenvalue weighted by molar-refractivity contribution is 5.14. The Bertz CT molecular complexity index is 455. The van der Waals surface area contributed by atoms with Crippen LogP contribution in [0.1, 0.15) is 44.1 Å². The van der Waals surface area contributed by atoms with Gasteiger partial charge in [-0.25, -0.2) is 0 Å². The lowest BCUT2D eigenvalue weighted by molar-refractivity contribution is -0.201. The van der Waals surface area contributed by atoms with Crippen molar-refractivity contribution in [2.24, 2.45) is 0 Å². The van der Waals surface area contributed by atoms with E-state index in [2.05, 4.69) is 12.1 Å². The summed E-state index contributed by atoms with van der Waals surface area (Å²) in [6.45, 7) is -0.102. The van der Waals surface area contributed by atoms with Gasteiger partial charge in [-0.3, -0.25) is 0 Å². The fourth-order valence-corrected chi connectivity index (χ4v) is 3.61. The normalized spacial score (nSPS) is 28.8. The van der Waals surface area contributed by atoms with Crippen LogP contribution in [0.4, 0.5) is 0 Å². The van der Waals surface area contributed by atoms with E-state index in [9.17, 15) is 10.2 Å². The van der Waals surface area contributed by atoms with Crippen LogP contribution in [0.3, 0.4) is 0 Å². The Morgan fingerprint density at radius 3 is 2.50 bits per heavy atom. The summed E-state index contributed by atoms with van der Waals surface area (Å²) in [5.41, 5.74) is 1.20. The summed E-state index contributed by atoms with van der Waals surface area (Å²) in [5, 5.41) is 20.1. The fourth-order valence-electron chi connectivity index (χ4n) is 3.61. The standard InChI is InChI=1S/C18H26O4/c19-13-16-17(22-18(21-16)11-5-2-6-12-18)15(20)10-9-14-7-3-1-4-8-14/h1,3-4,7-8,15-17,19-20H,2,5-6,9-13H2/t15-,16-,17+/m0/s1. The molecule has 122 valence electrons. The Morgan fingerprint density at radius 1 is 1.09 bits per heavy atom. The van der Waals surface area contributed by atoms with E-state index in [1.54, 1.807) is 0 Å². The van der Waals surface area contributed by atoms with Crippen molar-refractivity contribution in [1.82, 2.24) is 0 Å². The first-order valence-electron chi connectivity index (χ1n) is 8.41. The predicted octanol–water partition coefficient (Wildman–Crippen LogP) is 2.42. The van der Waals surface area contributed by atoms with Gasteiger partial charge >= 0.3 is 0 Å². The molecule has 2 aliphatic rings. The summed E-state index contributed by atoms with van der Waals surface area (Å²) in [7, 11) is 0. The van der Waals surface area contributed by atoms with Crippen LogP contribution in [0.2, 0.25) is 0 Å². The molecule has 0 bridgehead atoms. The van der Waals surface area contributed by atoms with Crippen LogP contribution < -0.4 is 0 Å². The Balaban J connectivity index is 1.59. The number of rotatable bonds is 5. The molecule has 1 saturated carbocycles. The Morgan fingerprint density at radius 2 is 1.82 bits per heavy atom. The summed E-state index contributed by atoms with van der Waals surface area (Å²) in [6, 6.07) is 10.1. The molecule has 3 atom stereocenters. The summed E-state index contributed by atoms with van der Waals surface area (Å²) < 4.78 is 12.1. The molecule has 2 N–H and O–H groups in total. The van der Waals surface area contributed by atoms with Gasteiger partial charge < -0.3 is 19.7 Å². The molecule has 4 heteroatoms. The molecule has 1 aromatic carbocycles. The lowest BCUT2D eigenvalue weighted by atomic mass is 9.94. The molecule has 1 aliphatic heterocycles. The van der Waals surface area contributed by atoms with E-state index in [0.717, 1.165) is 32.1 Å². The fraction of sp³-hybridized carbons (Fsp3) is 0.667. The van der Waals surface area contributed by atoms with E-state index < -0.39 is 24.1 Å². The van der Waals surface area contributed by atoms with Gasteiger partial charge in [-0.15, -0.1) is 0 Å². The lowest BCUT2D eigenvalue weighted by Gasteiger charge is -2.32. The van der Waals surface area contributed by atoms with Crippen molar-refractivity contribution in [1.29, 1.82) is 0 Å². The Labute approximate surface area is 132 Å². The molecule has 3 rings (SSSR count). The molecule has 1 aromatic rings. The third kappa shape index (κ3) is 3.51. The minimum absolute atomic E-state index is 0.102. The van der Waals surface area contributed by atoms with Gasteiger partial charge in [-0.2, -0.15) is 0 Å². The summed E-state index contributed by atoms with van der Waals surface area (Å²) in [5.74, 6) is -0.565. The number of ether oxygens (including phenoxy) is 2. The molecule has 0 aromatic heterocycles. The van der Waals surface area contributed by atoms with Crippen molar-refractivity contribution in [2.75, 3.05) is 6.61 Å². The molecule has 22 heavy (non-hydrogen) atoms. The first-order valence-corrected chi connectivity index (χ1v) is 8.41. The van der Waals surface area contributed by atoms with Crippen molar-refractivity contribution in [3.63, 3.8) is 0 Å². The molecule has 1 heterocycles. The van der Waals surface area contributed by atoms with Gasteiger partial charge in [0.05, 0.1) is 12.7 Å². The highest BCUT2D eigenvalue weighted by Crippen LogP contribution is 2.41. The van der Waals surface area contributed by atoms with Gasteiger partial charge in [0.1, 0.15) is 12.2 Å². The molecule has 2 fully saturated rings. The zero-order valence-corrected chi connectivity index (χ0v) is 13.0. The third-order valence-corrected chi connectivity index (χ3v) is 4.83. The second kappa shape index (κ2) is 7.09. The minimum atomic E-state index is -0.612. The minimum Gasteiger partial charge on any atom is -0.394 e. The average Bonchev–Trinajstić information content (AvgIpc) is 2.92. The number of aryl methyl sites for hydroxylation is 1. The highest BCUT2D eigenvalue weighted by atomic mass is 16.8. The molecule has 4 nitrogen and oxygen atoms in total. The van der Waals surface area contributed by atoms with E-state index in [0.29, 0.717) is 6.42 Å².